The Labute approximate surface area is 81.6 Å². The fourth-order valence-corrected chi connectivity index (χ4v) is 1.75. The molecular formula is C10H22N2O. The Morgan fingerprint density at radius 1 is 1.00 bits per heavy atom. The second kappa shape index (κ2) is 4.40. The summed E-state index contributed by atoms with van der Waals surface area (Å²) < 4.78 is 0. The lowest BCUT2D eigenvalue weighted by atomic mass is 10.1. The van der Waals surface area contributed by atoms with E-state index in [2.05, 4.69) is 25.7 Å². The van der Waals surface area contributed by atoms with Crippen LogP contribution < -0.4 is 0 Å². The maximum absolute atomic E-state index is 5.24. The minimum Gasteiger partial charge on any atom is -0.302 e. The third-order valence-corrected chi connectivity index (χ3v) is 2.66. The van der Waals surface area contributed by atoms with Gasteiger partial charge in [-0.3, -0.25) is 4.90 Å². The summed E-state index contributed by atoms with van der Waals surface area (Å²) in [5.41, 5.74) is 0.295. The van der Waals surface area contributed by atoms with E-state index in [4.69, 9.17) is 4.84 Å². The van der Waals surface area contributed by atoms with E-state index in [1.165, 1.54) is 13.0 Å². The summed E-state index contributed by atoms with van der Waals surface area (Å²) in [5.74, 6) is 0. The van der Waals surface area contributed by atoms with Crippen LogP contribution in [-0.2, 0) is 4.84 Å². The van der Waals surface area contributed by atoms with Gasteiger partial charge in [0.05, 0.1) is 7.11 Å². The molecule has 1 rings (SSSR count). The molecule has 0 atom stereocenters. The van der Waals surface area contributed by atoms with Gasteiger partial charge < -0.3 is 4.84 Å². The smallest absolute Gasteiger partial charge is 0.0575 e. The predicted octanol–water partition coefficient (Wildman–Crippen LogP) is 1.35. The topological polar surface area (TPSA) is 15.7 Å². The van der Waals surface area contributed by atoms with Crippen molar-refractivity contribution in [3.05, 3.63) is 0 Å². The predicted molar refractivity (Wildman–Crippen MR) is 54.5 cm³/mol. The minimum atomic E-state index is 0.295. The van der Waals surface area contributed by atoms with E-state index >= 15 is 0 Å². The summed E-state index contributed by atoms with van der Waals surface area (Å²) in [7, 11) is 1.76. The van der Waals surface area contributed by atoms with Crippen LogP contribution in [0.4, 0.5) is 0 Å². The molecule has 1 aliphatic heterocycles. The zero-order chi connectivity index (χ0) is 9.90. The van der Waals surface area contributed by atoms with Crippen molar-refractivity contribution in [1.82, 2.24) is 9.96 Å². The van der Waals surface area contributed by atoms with E-state index in [0.717, 1.165) is 19.6 Å². The van der Waals surface area contributed by atoms with E-state index in [-0.39, 0.29) is 0 Å². The summed E-state index contributed by atoms with van der Waals surface area (Å²) in [6, 6.07) is 0. The zero-order valence-electron chi connectivity index (χ0n) is 9.34. The molecule has 78 valence electrons. The van der Waals surface area contributed by atoms with Crippen LogP contribution in [0.5, 0.6) is 0 Å². The number of hydrogen-bond acceptors (Lipinski definition) is 3. The van der Waals surface area contributed by atoms with Crippen molar-refractivity contribution in [3.8, 4) is 0 Å². The molecule has 0 bridgehead atoms. The van der Waals surface area contributed by atoms with Crippen LogP contribution in [-0.4, -0.2) is 48.8 Å². The number of hydrogen-bond donors (Lipinski definition) is 0. The molecule has 0 aliphatic carbocycles. The highest BCUT2D eigenvalue weighted by atomic mass is 16.7. The Morgan fingerprint density at radius 3 is 2.23 bits per heavy atom. The largest absolute Gasteiger partial charge is 0.302 e. The maximum Gasteiger partial charge on any atom is 0.0575 e. The average Bonchev–Trinajstić information content (AvgIpc) is 2.26. The lowest BCUT2D eigenvalue weighted by Gasteiger charge is -2.34. The van der Waals surface area contributed by atoms with E-state index in [1.807, 2.05) is 5.06 Å². The summed E-state index contributed by atoms with van der Waals surface area (Å²) >= 11 is 0. The van der Waals surface area contributed by atoms with Crippen LogP contribution in [0.3, 0.4) is 0 Å². The zero-order valence-corrected chi connectivity index (χ0v) is 9.34. The molecule has 0 N–H and O–H groups in total. The van der Waals surface area contributed by atoms with Gasteiger partial charge in [0.15, 0.2) is 0 Å². The molecule has 0 radical (unpaired) electrons. The van der Waals surface area contributed by atoms with Crippen LogP contribution in [0.25, 0.3) is 0 Å². The van der Waals surface area contributed by atoms with Gasteiger partial charge in [-0.1, -0.05) is 0 Å². The molecule has 13 heavy (non-hydrogen) atoms. The highest BCUT2D eigenvalue weighted by Gasteiger charge is 2.23. The normalized spacial score (nSPS) is 23.1. The van der Waals surface area contributed by atoms with E-state index in [0.29, 0.717) is 5.54 Å². The highest BCUT2D eigenvalue weighted by molar-refractivity contribution is 4.78. The van der Waals surface area contributed by atoms with Crippen molar-refractivity contribution < 1.29 is 4.84 Å². The molecule has 1 heterocycles. The quantitative estimate of drug-likeness (QED) is 0.615. The first-order chi connectivity index (χ1) is 6.04. The fourth-order valence-electron chi connectivity index (χ4n) is 1.75. The third kappa shape index (κ3) is 3.25. The Hall–Kier alpha value is -0.120. The standard InChI is InChI=1S/C10H22N2O/c1-10(2,3)11-6-5-7-12(13-4)9-8-11/h5-9H2,1-4H3. The molecule has 0 saturated carbocycles. The SMILES string of the molecule is CON1CCCN(C(C)(C)C)CC1. The van der Waals surface area contributed by atoms with Gasteiger partial charge in [-0.15, -0.1) is 0 Å². The summed E-state index contributed by atoms with van der Waals surface area (Å²) in [6.45, 7) is 11.2. The second-order valence-corrected chi connectivity index (χ2v) is 4.62. The molecule has 0 aromatic carbocycles. The monoisotopic (exact) mass is 186 g/mol. The van der Waals surface area contributed by atoms with Crippen molar-refractivity contribution in [3.63, 3.8) is 0 Å². The third-order valence-electron chi connectivity index (χ3n) is 2.66. The summed E-state index contributed by atoms with van der Waals surface area (Å²) in [6.07, 6.45) is 1.20. The van der Waals surface area contributed by atoms with Gasteiger partial charge in [-0.25, -0.2) is 0 Å². The molecule has 0 unspecified atom stereocenters. The number of nitrogens with zero attached hydrogens (tertiary/aromatic N) is 2. The average molecular weight is 186 g/mol. The van der Waals surface area contributed by atoms with Crippen molar-refractivity contribution in [1.29, 1.82) is 0 Å². The van der Waals surface area contributed by atoms with Gasteiger partial charge >= 0.3 is 0 Å². The molecule has 0 spiro atoms. The molecule has 1 aliphatic rings. The molecule has 0 aromatic heterocycles. The van der Waals surface area contributed by atoms with Gasteiger partial charge in [0.1, 0.15) is 0 Å². The molecular weight excluding hydrogens is 164 g/mol. The van der Waals surface area contributed by atoms with Gasteiger partial charge in [0.2, 0.25) is 0 Å². The molecule has 1 fully saturated rings. The van der Waals surface area contributed by atoms with Crippen LogP contribution in [0.15, 0.2) is 0 Å². The van der Waals surface area contributed by atoms with Crippen molar-refractivity contribution in [2.24, 2.45) is 0 Å². The van der Waals surface area contributed by atoms with Crippen molar-refractivity contribution in [2.45, 2.75) is 32.7 Å². The van der Waals surface area contributed by atoms with Crippen LogP contribution in [0, 0.1) is 0 Å². The molecule has 0 aromatic rings. The van der Waals surface area contributed by atoms with Crippen molar-refractivity contribution >= 4 is 0 Å². The molecule has 3 nitrogen and oxygen atoms in total. The van der Waals surface area contributed by atoms with Crippen molar-refractivity contribution in [2.75, 3.05) is 33.3 Å². The Kier molecular flexibility index (Phi) is 3.71. The minimum absolute atomic E-state index is 0.295. The molecule has 0 amide bonds. The van der Waals surface area contributed by atoms with Crippen LogP contribution in [0.2, 0.25) is 0 Å². The number of rotatable bonds is 1. The van der Waals surface area contributed by atoms with E-state index < -0.39 is 0 Å². The lowest BCUT2D eigenvalue weighted by molar-refractivity contribution is -0.128. The van der Waals surface area contributed by atoms with E-state index in [9.17, 15) is 0 Å². The maximum atomic E-state index is 5.24. The first kappa shape index (κ1) is 11.0. The second-order valence-electron chi connectivity index (χ2n) is 4.62. The Morgan fingerprint density at radius 2 is 1.69 bits per heavy atom. The molecule has 1 saturated heterocycles. The summed E-state index contributed by atoms with van der Waals surface area (Å²) in [4.78, 5) is 7.76. The van der Waals surface area contributed by atoms with Gasteiger partial charge in [-0.2, -0.15) is 5.06 Å². The lowest BCUT2D eigenvalue weighted by Crippen LogP contribution is -2.43. The highest BCUT2D eigenvalue weighted by Crippen LogP contribution is 2.15. The first-order valence-corrected chi connectivity index (χ1v) is 5.08. The first-order valence-electron chi connectivity index (χ1n) is 5.08. The molecule has 3 heteroatoms. The fraction of sp³-hybridized carbons (Fsp3) is 1.00. The Bertz CT molecular complexity index is 153. The van der Waals surface area contributed by atoms with Crippen LogP contribution >= 0.6 is 0 Å². The Balaban J connectivity index is 2.45. The van der Waals surface area contributed by atoms with E-state index in [1.54, 1.807) is 7.11 Å². The van der Waals surface area contributed by atoms with Gasteiger partial charge in [0, 0.05) is 31.7 Å². The van der Waals surface area contributed by atoms with Gasteiger partial charge in [-0.05, 0) is 27.2 Å². The van der Waals surface area contributed by atoms with Gasteiger partial charge in [0.25, 0.3) is 0 Å². The number of hydroxylamine groups is 2. The van der Waals surface area contributed by atoms with Crippen LogP contribution in [0.1, 0.15) is 27.2 Å². The summed E-state index contributed by atoms with van der Waals surface area (Å²) in [5, 5.41) is 2.05.